The molecule has 216 valence electrons. The lowest BCUT2D eigenvalue weighted by molar-refractivity contribution is -0.139. The van der Waals surface area contributed by atoms with Crippen LogP contribution in [0, 0.1) is 0 Å². The fourth-order valence-corrected chi connectivity index (χ4v) is 5.57. The number of hydrogen-bond acceptors (Lipinski definition) is 7. The van der Waals surface area contributed by atoms with Crippen LogP contribution in [0.1, 0.15) is 29.5 Å². The van der Waals surface area contributed by atoms with Crippen LogP contribution in [0.2, 0.25) is 0 Å². The van der Waals surface area contributed by atoms with Crippen molar-refractivity contribution in [3.63, 3.8) is 0 Å². The van der Waals surface area contributed by atoms with E-state index in [9.17, 15) is 27.9 Å². The summed E-state index contributed by atoms with van der Waals surface area (Å²) < 4.78 is 38.4. The van der Waals surface area contributed by atoms with Gasteiger partial charge in [0.15, 0.2) is 6.10 Å². The second-order valence-corrected chi connectivity index (χ2v) is 11.3. The smallest absolute Gasteiger partial charge is 0.407 e. The molecule has 41 heavy (non-hydrogen) atoms. The molecular formula is C29H31N3O8S. The topological polar surface area (TPSA) is 160 Å². The van der Waals surface area contributed by atoms with Crippen LogP contribution in [0.25, 0.3) is 0 Å². The van der Waals surface area contributed by atoms with Crippen LogP contribution in [-0.2, 0) is 43.1 Å². The van der Waals surface area contributed by atoms with Crippen molar-refractivity contribution in [3.8, 4) is 5.75 Å². The number of carbonyl (C=O) groups excluding carboxylic acids is 2. The Bertz CT molecular complexity index is 1470. The number of benzene rings is 3. The monoisotopic (exact) mass is 581 g/mol. The van der Waals surface area contributed by atoms with Gasteiger partial charge in [0, 0.05) is 6.54 Å². The zero-order chi connectivity index (χ0) is 29.2. The van der Waals surface area contributed by atoms with Crippen LogP contribution in [0.15, 0.2) is 78.9 Å². The zero-order valence-electron chi connectivity index (χ0n) is 22.1. The minimum atomic E-state index is -3.92. The summed E-state index contributed by atoms with van der Waals surface area (Å²) in [5.41, 5.74) is 2.27. The van der Waals surface area contributed by atoms with E-state index in [2.05, 4.69) is 15.4 Å². The van der Waals surface area contributed by atoms with E-state index in [1.165, 1.54) is 0 Å². The van der Waals surface area contributed by atoms with Crippen molar-refractivity contribution >= 4 is 33.7 Å². The molecule has 0 spiro atoms. The standard InChI is InChI=1S/C29H31N3O8S/c33-27-26(12-7-15-30-29(36)39-18-20-8-3-1-4-9-20)40-25-14-13-22(16-23(25)31-27)17-24(28(34)35)32-41(37,38)19-21-10-5-2-6-11-21/h1-6,8-11,13-14,16,24,26,32H,7,12,15,17-19H2,(H,30,36)(H,31,33)(H,34,35)/t24-,26+/m0/s1. The molecular weight excluding hydrogens is 550 g/mol. The molecule has 2 atom stereocenters. The first-order valence-corrected chi connectivity index (χ1v) is 14.7. The van der Waals surface area contributed by atoms with Gasteiger partial charge in [0.2, 0.25) is 10.0 Å². The maximum absolute atomic E-state index is 12.6. The molecule has 11 nitrogen and oxygen atoms in total. The number of alkyl carbamates (subject to hydrolysis) is 1. The maximum Gasteiger partial charge on any atom is 0.407 e. The molecule has 1 aliphatic heterocycles. The molecule has 0 bridgehead atoms. The summed E-state index contributed by atoms with van der Waals surface area (Å²) in [6, 6.07) is 21.1. The number of nitrogens with one attached hydrogen (secondary N) is 3. The molecule has 0 saturated heterocycles. The van der Waals surface area contributed by atoms with Gasteiger partial charge < -0.3 is 25.2 Å². The van der Waals surface area contributed by atoms with E-state index in [-0.39, 0.29) is 24.7 Å². The highest BCUT2D eigenvalue weighted by Crippen LogP contribution is 2.32. The first kappa shape index (κ1) is 29.6. The van der Waals surface area contributed by atoms with Crippen molar-refractivity contribution in [1.29, 1.82) is 0 Å². The number of rotatable bonds is 13. The first-order valence-electron chi connectivity index (χ1n) is 13.0. The number of ether oxygens (including phenoxy) is 2. The number of aliphatic carboxylic acids is 1. The van der Waals surface area contributed by atoms with Crippen molar-refractivity contribution in [1.82, 2.24) is 10.0 Å². The van der Waals surface area contributed by atoms with Crippen LogP contribution in [0.4, 0.5) is 10.5 Å². The van der Waals surface area contributed by atoms with E-state index in [1.807, 2.05) is 30.3 Å². The second kappa shape index (κ2) is 13.8. The zero-order valence-corrected chi connectivity index (χ0v) is 22.9. The van der Waals surface area contributed by atoms with Gasteiger partial charge in [0.05, 0.1) is 11.4 Å². The highest BCUT2D eigenvalue weighted by molar-refractivity contribution is 7.88. The third-order valence-electron chi connectivity index (χ3n) is 6.25. The van der Waals surface area contributed by atoms with Crippen LogP contribution >= 0.6 is 0 Å². The molecule has 0 aliphatic carbocycles. The van der Waals surface area contributed by atoms with Crippen LogP contribution in [-0.4, -0.2) is 50.2 Å². The molecule has 0 fully saturated rings. The van der Waals surface area contributed by atoms with Gasteiger partial charge in [0.25, 0.3) is 5.91 Å². The number of carboxylic acid groups (broad SMARTS) is 1. The van der Waals surface area contributed by atoms with Gasteiger partial charge in [-0.05, 0) is 48.1 Å². The summed E-state index contributed by atoms with van der Waals surface area (Å²) in [6.07, 6.45) is -0.650. The Balaban J connectivity index is 1.26. The van der Waals surface area contributed by atoms with Crippen LogP contribution in [0.5, 0.6) is 5.75 Å². The highest BCUT2D eigenvalue weighted by atomic mass is 32.2. The Morgan fingerprint density at radius 1 is 0.976 bits per heavy atom. The predicted molar refractivity (Wildman–Crippen MR) is 151 cm³/mol. The van der Waals surface area contributed by atoms with E-state index >= 15 is 0 Å². The average molecular weight is 582 g/mol. The average Bonchev–Trinajstić information content (AvgIpc) is 2.94. The van der Waals surface area contributed by atoms with Crippen molar-refractivity contribution in [2.75, 3.05) is 11.9 Å². The lowest BCUT2D eigenvalue weighted by atomic mass is 10.0. The van der Waals surface area contributed by atoms with Gasteiger partial charge in [-0.3, -0.25) is 9.59 Å². The summed E-state index contributed by atoms with van der Waals surface area (Å²) in [5, 5.41) is 15.0. The van der Waals surface area contributed by atoms with E-state index < -0.39 is 34.2 Å². The van der Waals surface area contributed by atoms with Crippen molar-refractivity contribution in [3.05, 3.63) is 95.6 Å². The number of anilines is 1. The number of hydrogen-bond donors (Lipinski definition) is 4. The molecule has 1 aliphatic rings. The molecule has 0 radical (unpaired) electrons. The highest BCUT2D eigenvalue weighted by Gasteiger charge is 2.29. The molecule has 0 unspecified atom stereocenters. The largest absolute Gasteiger partial charge is 0.480 e. The van der Waals surface area contributed by atoms with Crippen molar-refractivity contribution in [2.45, 2.75) is 43.8 Å². The van der Waals surface area contributed by atoms with Gasteiger partial charge in [-0.1, -0.05) is 66.7 Å². The molecule has 3 aromatic carbocycles. The molecule has 12 heteroatoms. The van der Waals surface area contributed by atoms with Gasteiger partial charge in [0.1, 0.15) is 18.4 Å². The molecule has 4 rings (SSSR count). The van der Waals surface area contributed by atoms with Crippen LogP contribution in [0.3, 0.4) is 0 Å². The van der Waals surface area contributed by atoms with Crippen molar-refractivity contribution < 1.29 is 37.4 Å². The SMILES string of the molecule is O=C(NCCC[C@H]1Oc2ccc(C[C@H](NS(=O)(=O)Cc3ccccc3)C(=O)O)cc2NC1=O)OCc1ccccc1. The van der Waals surface area contributed by atoms with Gasteiger partial charge in [-0.25, -0.2) is 17.9 Å². The van der Waals surface area contributed by atoms with E-state index in [4.69, 9.17) is 9.47 Å². The Kier molecular flexibility index (Phi) is 9.93. The van der Waals surface area contributed by atoms with Crippen molar-refractivity contribution in [2.24, 2.45) is 0 Å². The summed E-state index contributed by atoms with van der Waals surface area (Å²) in [5.74, 6) is -1.64. The third-order valence-corrected chi connectivity index (χ3v) is 7.60. The Labute approximate surface area is 237 Å². The fraction of sp³-hybridized carbons (Fsp3) is 0.276. The number of carboxylic acids is 1. The Hall–Kier alpha value is -4.42. The number of carbonyl (C=O) groups is 3. The quantitative estimate of drug-likeness (QED) is 0.224. The lowest BCUT2D eigenvalue weighted by Gasteiger charge is -2.26. The normalized spacial score (nSPS) is 15.1. The summed E-state index contributed by atoms with van der Waals surface area (Å²) >= 11 is 0. The summed E-state index contributed by atoms with van der Waals surface area (Å²) in [7, 11) is -3.92. The predicted octanol–water partition coefficient (Wildman–Crippen LogP) is 3.21. The minimum absolute atomic E-state index is 0.137. The molecule has 0 saturated carbocycles. The number of sulfonamides is 1. The van der Waals surface area contributed by atoms with E-state index in [0.717, 1.165) is 5.56 Å². The Morgan fingerprint density at radius 2 is 1.66 bits per heavy atom. The molecule has 3 aromatic rings. The summed E-state index contributed by atoms with van der Waals surface area (Å²) in [6.45, 7) is 0.454. The van der Waals surface area contributed by atoms with Crippen LogP contribution < -0.4 is 20.1 Å². The second-order valence-electron chi connectivity index (χ2n) is 9.51. The van der Waals surface area contributed by atoms with E-state index in [1.54, 1.807) is 48.5 Å². The van der Waals surface area contributed by atoms with Gasteiger partial charge >= 0.3 is 12.1 Å². The lowest BCUT2D eigenvalue weighted by Crippen LogP contribution is -2.42. The van der Waals surface area contributed by atoms with E-state index in [0.29, 0.717) is 42.0 Å². The molecule has 2 amide bonds. The van der Waals surface area contributed by atoms with Gasteiger partial charge in [-0.15, -0.1) is 0 Å². The summed E-state index contributed by atoms with van der Waals surface area (Å²) in [4.78, 5) is 36.3. The molecule has 4 N–H and O–H groups in total. The number of fused-ring (bicyclic) bond motifs is 1. The molecule has 0 aromatic heterocycles. The maximum atomic E-state index is 12.6. The Morgan fingerprint density at radius 3 is 2.34 bits per heavy atom. The fourth-order valence-electron chi connectivity index (χ4n) is 4.23. The third kappa shape index (κ3) is 9.05. The number of amides is 2. The minimum Gasteiger partial charge on any atom is -0.480 e. The molecule has 1 heterocycles. The first-order chi connectivity index (χ1) is 19.7. The van der Waals surface area contributed by atoms with Gasteiger partial charge in [-0.2, -0.15) is 0 Å².